The van der Waals surface area contributed by atoms with Gasteiger partial charge in [-0.15, -0.1) is 0 Å². The van der Waals surface area contributed by atoms with Crippen molar-refractivity contribution in [1.29, 1.82) is 0 Å². The number of phenolic OH excluding ortho intramolecular Hbond substituents is 1. The molecule has 6 N–H and O–H groups in total. The van der Waals surface area contributed by atoms with Crippen molar-refractivity contribution < 1.29 is 10.2 Å². The number of phenols is 1. The Morgan fingerprint density at radius 2 is 2.00 bits per heavy atom. The minimum absolute atomic E-state index is 0.0711. The molecule has 1 atom stereocenters. The second-order valence-electron chi connectivity index (χ2n) is 8.60. The van der Waals surface area contributed by atoms with Gasteiger partial charge in [-0.2, -0.15) is 0 Å². The van der Waals surface area contributed by atoms with Crippen LogP contribution in [-0.2, 0) is 13.0 Å². The number of aromatic nitrogens is 3. The SMILES string of the molecule is Nc1nccc(Sc2cnc(N3CCC4(CC3)Cc3cccc(O)c3[C@H]4N)c(CO)n2)c1Cl. The maximum absolute atomic E-state index is 10.3. The van der Waals surface area contributed by atoms with Crippen LogP contribution in [0.25, 0.3) is 0 Å². The van der Waals surface area contributed by atoms with Gasteiger partial charge in [-0.25, -0.2) is 15.0 Å². The number of aromatic hydroxyl groups is 1. The molecule has 3 aromatic rings. The highest BCUT2D eigenvalue weighted by Gasteiger charge is 2.47. The monoisotopic (exact) mass is 484 g/mol. The van der Waals surface area contributed by atoms with Crippen LogP contribution in [0.15, 0.2) is 46.6 Å². The van der Waals surface area contributed by atoms with Crippen molar-refractivity contribution >= 4 is 35.0 Å². The van der Waals surface area contributed by atoms with Crippen LogP contribution in [0.3, 0.4) is 0 Å². The molecule has 33 heavy (non-hydrogen) atoms. The molecule has 2 aliphatic rings. The predicted octanol–water partition coefficient (Wildman–Crippen LogP) is 3.30. The first kappa shape index (κ1) is 22.2. The van der Waals surface area contributed by atoms with Crippen LogP contribution in [-0.4, -0.2) is 38.3 Å². The molecule has 1 aromatic carbocycles. The van der Waals surface area contributed by atoms with Gasteiger partial charge in [0.1, 0.15) is 22.3 Å². The summed E-state index contributed by atoms with van der Waals surface area (Å²) >= 11 is 7.57. The van der Waals surface area contributed by atoms with Crippen molar-refractivity contribution in [2.75, 3.05) is 23.7 Å². The number of fused-ring (bicyclic) bond motifs is 1. The summed E-state index contributed by atoms with van der Waals surface area (Å²) in [5, 5.41) is 21.3. The normalized spacial score (nSPS) is 19.1. The van der Waals surface area contributed by atoms with Crippen LogP contribution in [0, 0.1) is 5.41 Å². The molecule has 1 aliphatic heterocycles. The first-order chi connectivity index (χ1) is 15.9. The summed E-state index contributed by atoms with van der Waals surface area (Å²) in [7, 11) is 0. The molecule has 0 saturated carbocycles. The average Bonchev–Trinajstić information content (AvgIpc) is 3.09. The number of nitrogen functional groups attached to an aromatic ring is 1. The van der Waals surface area contributed by atoms with Gasteiger partial charge in [0.05, 0.1) is 17.8 Å². The number of rotatable bonds is 4. The van der Waals surface area contributed by atoms with Crippen molar-refractivity contribution in [3.63, 3.8) is 0 Å². The summed E-state index contributed by atoms with van der Waals surface area (Å²) in [5.41, 5.74) is 14.9. The summed E-state index contributed by atoms with van der Waals surface area (Å²) in [6, 6.07) is 7.23. The second kappa shape index (κ2) is 8.64. The van der Waals surface area contributed by atoms with E-state index in [0.717, 1.165) is 48.4 Å². The summed E-state index contributed by atoms with van der Waals surface area (Å²) in [4.78, 5) is 16.1. The number of piperidine rings is 1. The third-order valence-corrected chi connectivity index (χ3v) is 8.27. The van der Waals surface area contributed by atoms with E-state index in [1.165, 1.54) is 11.8 Å². The van der Waals surface area contributed by atoms with Gasteiger partial charge >= 0.3 is 0 Å². The number of hydrogen-bond acceptors (Lipinski definition) is 9. The van der Waals surface area contributed by atoms with Crippen LogP contribution in [0.1, 0.15) is 35.7 Å². The summed E-state index contributed by atoms with van der Waals surface area (Å²) < 4.78 is 0. The molecule has 1 aliphatic carbocycles. The second-order valence-corrected chi connectivity index (χ2v) is 10.0. The lowest BCUT2D eigenvalue weighted by molar-refractivity contribution is 0.185. The van der Waals surface area contributed by atoms with Gasteiger partial charge in [-0.05, 0) is 42.4 Å². The third-order valence-electron chi connectivity index (χ3n) is 6.79. The van der Waals surface area contributed by atoms with Gasteiger partial charge in [0.25, 0.3) is 0 Å². The average molecular weight is 485 g/mol. The number of aliphatic hydroxyl groups is 1. The molecule has 10 heteroatoms. The van der Waals surface area contributed by atoms with E-state index in [4.69, 9.17) is 23.1 Å². The molecule has 5 rings (SSSR count). The number of aliphatic hydroxyl groups excluding tert-OH is 1. The van der Waals surface area contributed by atoms with Crippen LogP contribution >= 0.6 is 23.4 Å². The van der Waals surface area contributed by atoms with Crippen molar-refractivity contribution in [3.8, 4) is 5.75 Å². The highest BCUT2D eigenvalue weighted by Crippen LogP contribution is 2.53. The van der Waals surface area contributed by atoms with Gasteiger partial charge in [0.15, 0.2) is 5.82 Å². The van der Waals surface area contributed by atoms with E-state index in [1.807, 2.05) is 6.07 Å². The Hall–Kier alpha value is -2.59. The predicted molar refractivity (Wildman–Crippen MR) is 128 cm³/mol. The minimum Gasteiger partial charge on any atom is -0.508 e. The Bertz CT molecular complexity index is 1200. The van der Waals surface area contributed by atoms with Crippen molar-refractivity contribution in [1.82, 2.24) is 15.0 Å². The lowest BCUT2D eigenvalue weighted by atomic mass is 9.73. The maximum atomic E-state index is 10.3. The van der Waals surface area contributed by atoms with Crippen molar-refractivity contribution in [2.45, 2.75) is 41.8 Å². The number of benzene rings is 1. The fourth-order valence-corrected chi connectivity index (χ4v) is 6.05. The standard InChI is InChI=1S/C23H25ClN6O2S/c24-19-16(4-7-27-21(19)26)33-17-11-28-22(14(12-31)29-17)30-8-5-23(6-9-30)10-13-2-1-3-15(32)18(13)20(23)25/h1-4,7,11,20,31-32H,5-6,8-10,12,25H2,(H2,26,27)/t20-/m1/s1. The third kappa shape index (κ3) is 3.89. The molecule has 172 valence electrons. The molecular formula is C23H25ClN6O2S. The van der Waals surface area contributed by atoms with Crippen LogP contribution in [0.4, 0.5) is 11.6 Å². The topological polar surface area (TPSA) is 134 Å². The maximum Gasteiger partial charge on any atom is 0.152 e. The number of anilines is 2. The smallest absolute Gasteiger partial charge is 0.152 e. The zero-order chi connectivity index (χ0) is 23.2. The van der Waals surface area contributed by atoms with Crippen LogP contribution in [0.5, 0.6) is 5.75 Å². The molecule has 0 unspecified atom stereocenters. The zero-order valence-corrected chi connectivity index (χ0v) is 19.5. The highest BCUT2D eigenvalue weighted by molar-refractivity contribution is 7.99. The van der Waals surface area contributed by atoms with Gasteiger partial charge in [0.2, 0.25) is 0 Å². The van der Waals surface area contributed by atoms with E-state index < -0.39 is 0 Å². The minimum atomic E-state index is -0.219. The number of nitrogens with zero attached hydrogens (tertiary/aromatic N) is 4. The zero-order valence-electron chi connectivity index (χ0n) is 17.9. The van der Waals surface area contributed by atoms with E-state index in [0.29, 0.717) is 21.6 Å². The Morgan fingerprint density at radius 3 is 2.73 bits per heavy atom. The van der Waals surface area contributed by atoms with Crippen molar-refractivity contribution in [3.05, 3.63) is 58.5 Å². The first-order valence-electron chi connectivity index (χ1n) is 10.8. The molecular weight excluding hydrogens is 460 g/mol. The van der Waals surface area contributed by atoms with E-state index >= 15 is 0 Å². The van der Waals surface area contributed by atoms with Crippen molar-refractivity contribution in [2.24, 2.45) is 11.1 Å². The van der Waals surface area contributed by atoms with E-state index in [9.17, 15) is 10.2 Å². The molecule has 2 aromatic heterocycles. The Balaban J connectivity index is 1.33. The molecule has 1 spiro atoms. The molecule has 8 nitrogen and oxygen atoms in total. The number of pyridine rings is 1. The Labute approximate surface area is 201 Å². The van der Waals surface area contributed by atoms with Gasteiger partial charge < -0.3 is 26.6 Å². The Morgan fingerprint density at radius 1 is 1.21 bits per heavy atom. The van der Waals surface area contributed by atoms with E-state index in [1.54, 1.807) is 24.5 Å². The quantitative estimate of drug-likeness (QED) is 0.439. The van der Waals surface area contributed by atoms with Gasteiger partial charge in [-0.3, -0.25) is 0 Å². The van der Waals surface area contributed by atoms with Gasteiger partial charge in [-0.1, -0.05) is 35.5 Å². The fourth-order valence-electron chi connectivity index (χ4n) is 5.01. The van der Waals surface area contributed by atoms with E-state index in [-0.39, 0.29) is 29.6 Å². The highest BCUT2D eigenvalue weighted by atomic mass is 35.5. The molecule has 3 heterocycles. The summed E-state index contributed by atoms with van der Waals surface area (Å²) in [5.74, 6) is 1.23. The van der Waals surface area contributed by atoms with E-state index in [2.05, 4.69) is 25.9 Å². The largest absolute Gasteiger partial charge is 0.508 e. The number of hydrogen-bond donors (Lipinski definition) is 4. The molecule has 1 fully saturated rings. The lowest BCUT2D eigenvalue weighted by Crippen LogP contribution is -2.45. The molecule has 0 amide bonds. The van der Waals surface area contributed by atoms with Gasteiger partial charge in [0, 0.05) is 35.8 Å². The lowest BCUT2D eigenvalue weighted by Gasteiger charge is -2.42. The van der Waals surface area contributed by atoms with Crippen LogP contribution < -0.4 is 16.4 Å². The Kier molecular flexibility index (Phi) is 5.82. The molecule has 0 bridgehead atoms. The summed E-state index contributed by atoms with van der Waals surface area (Å²) in [6.45, 7) is 1.29. The number of nitrogens with two attached hydrogens (primary N) is 2. The fraction of sp³-hybridized carbons (Fsp3) is 0.348. The van der Waals surface area contributed by atoms with Crippen LogP contribution in [0.2, 0.25) is 5.02 Å². The molecule has 1 saturated heterocycles. The number of halogens is 1. The first-order valence-corrected chi connectivity index (χ1v) is 12.0. The molecule has 0 radical (unpaired) electrons. The summed E-state index contributed by atoms with van der Waals surface area (Å²) in [6.07, 6.45) is 5.89.